The lowest BCUT2D eigenvalue weighted by Crippen LogP contribution is -2.20. The normalized spacial score (nSPS) is 16.3. The second-order valence-corrected chi connectivity index (χ2v) is 5.12. The van der Waals surface area contributed by atoms with Crippen molar-refractivity contribution in [3.05, 3.63) is 34.9 Å². The zero-order valence-corrected chi connectivity index (χ0v) is 11.1. The first-order valence-electron chi connectivity index (χ1n) is 6.28. The van der Waals surface area contributed by atoms with E-state index >= 15 is 0 Å². The molecule has 19 heavy (non-hydrogen) atoms. The van der Waals surface area contributed by atoms with Gasteiger partial charge in [0.25, 0.3) is 0 Å². The number of carboxylic acids is 1. The van der Waals surface area contributed by atoms with Gasteiger partial charge in [0.1, 0.15) is 11.0 Å². The van der Waals surface area contributed by atoms with Crippen molar-refractivity contribution in [1.29, 1.82) is 0 Å². The first kappa shape index (κ1) is 12.4. The summed E-state index contributed by atoms with van der Waals surface area (Å²) >= 11 is 6.18. The molecule has 0 saturated carbocycles. The number of rotatable bonds is 3. The summed E-state index contributed by atoms with van der Waals surface area (Å²) in [4.78, 5) is 17.8. The molecular weight excluding hydrogens is 266 g/mol. The predicted molar refractivity (Wildman–Crippen MR) is 71.7 cm³/mol. The summed E-state index contributed by atoms with van der Waals surface area (Å²) in [6, 6.07) is 5.22. The zero-order chi connectivity index (χ0) is 13.4. The minimum absolute atomic E-state index is 0.0664. The van der Waals surface area contributed by atoms with E-state index in [1.807, 2.05) is 0 Å². The van der Waals surface area contributed by atoms with Gasteiger partial charge in [-0.3, -0.25) is 9.30 Å². The molecule has 6 heteroatoms. The summed E-state index contributed by atoms with van der Waals surface area (Å²) in [7, 11) is 0. The number of carboxylic acid groups (broad SMARTS) is 1. The number of pyridine rings is 1. The summed E-state index contributed by atoms with van der Waals surface area (Å²) in [6.45, 7) is 2.70. The average Bonchev–Trinajstić information content (AvgIpc) is 2.98. The highest BCUT2D eigenvalue weighted by atomic mass is 35.5. The number of halogens is 1. The van der Waals surface area contributed by atoms with Crippen molar-refractivity contribution in [2.75, 3.05) is 13.1 Å². The van der Waals surface area contributed by atoms with Crippen molar-refractivity contribution in [2.24, 2.45) is 0 Å². The molecular formula is C13H14ClN3O2. The van der Waals surface area contributed by atoms with Crippen LogP contribution in [0.5, 0.6) is 0 Å². The summed E-state index contributed by atoms with van der Waals surface area (Å²) in [5.41, 5.74) is 0.617. The maximum absolute atomic E-state index is 11.2. The fraction of sp³-hybridized carbons (Fsp3) is 0.385. The van der Waals surface area contributed by atoms with Gasteiger partial charge < -0.3 is 5.11 Å². The fourth-order valence-corrected chi connectivity index (χ4v) is 2.83. The molecule has 0 atom stereocenters. The molecule has 0 aromatic carbocycles. The van der Waals surface area contributed by atoms with E-state index in [0.29, 0.717) is 23.0 Å². The van der Waals surface area contributed by atoms with Crippen LogP contribution < -0.4 is 0 Å². The van der Waals surface area contributed by atoms with Gasteiger partial charge in [0.05, 0.1) is 12.1 Å². The number of hydrogen-bond donors (Lipinski definition) is 1. The Balaban J connectivity index is 2.09. The highest BCUT2D eigenvalue weighted by Crippen LogP contribution is 2.21. The first-order chi connectivity index (χ1) is 9.16. The Morgan fingerprint density at radius 2 is 2.11 bits per heavy atom. The molecule has 1 aliphatic rings. The van der Waals surface area contributed by atoms with E-state index in [-0.39, 0.29) is 5.69 Å². The number of imidazole rings is 1. The average molecular weight is 280 g/mol. The Kier molecular flexibility index (Phi) is 3.16. The largest absolute Gasteiger partial charge is 0.476 e. The molecule has 100 valence electrons. The van der Waals surface area contributed by atoms with Crippen LogP contribution in [-0.4, -0.2) is 38.4 Å². The van der Waals surface area contributed by atoms with Crippen molar-refractivity contribution in [3.8, 4) is 0 Å². The number of fused-ring (bicyclic) bond motifs is 1. The standard InChI is InChI=1S/C13H14ClN3O2/c14-10-5-3-4-9-12(13(18)19)15-11(17(9)10)8-16-6-1-2-7-16/h3-5H,1-2,6-8H2,(H,18,19). The van der Waals surface area contributed by atoms with E-state index in [1.165, 1.54) is 12.8 Å². The SMILES string of the molecule is O=C(O)c1nc(CN2CCCC2)n2c(Cl)cccc12. The number of carbonyl (C=O) groups is 1. The highest BCUT2D eigenvalue weighted by Gasteiger charge is 2.21. The Morgan fingerprint density at radius 1 is 1.37 bits per heavy atom. The van der Waals surface area contributed by atoms with E-state index < -0.39 is 5.97 Å². The fourth-order valence-electron chi connectivity index (χ4n) is 2.57. The lowest BCUT2D eigenvalue weighted by molar-refractivity contribution is 0.0693. The Hall–Kier alpha value is -1.59. The van der Waals surface area contributed by atoms with E-state index in [4.69, 9.17) is 11.6 Å². The predicted octanol–water partition coefficient (Wildman–Crippen LogP) is 2.28. The molecule has 2 aromatic rings. The van der Waals surface area contributed by atoms with Crippen LogP contribution in [0.15, 0.2) is 18.2 Å². The Bertz CT molecular complexity index is 632. The monoisotopic (exact) mass is 279 g/mol. The number of hydrogen-bond acceptors (Lipinski definition) is 3. The lowest BCUT2D eigenvalue weighted by Gasteiger charge is -2.13. The molecule has 0 amide bonds. The summed E-state index contributed by atoms with van der Waals surface area (Å²) in [6.07, 6.45) is 2.37. The van der Waals surface area contributed by atoms with Gasteiger partial charge in [0.15, 0.2) is 5.69 Å². The molecule has 3 heterocycles. The Morgan fingerprint density at radius 3 is 2.79 bits per heavy atom. The van der Waals surface area contributed by atoms with Crippen LogP contribution >= 0.6 is 11.6 Å². The van der Waals surface area contributed by atoms with Crippen molar-refractivity contribution < 1.29 is 9.90 Å². The second kappa shape index (κ2) is 4.83. The van der Waals surface area contributed by atoms with Crippen LogP contribution in [0.3, 0.4) is 0 Å². The maximum atomic E-state index is 11.2. The van der Waals surface area contributed by atoms with Crippen LogP contribution in [0.25, 0.3) is 5.52 Å². The minimum atomic E-state index is -1.02. The van der Waals surface area contributed by atoms with Crippen molar-refractivity contribution in [3.63, 3.8) is 0 Å². The third kappa shape index (κ3) is 2.19. The molecule has 0 bridgehead atoms. The second-order valence-electron chi connectivity index (χ2n) is 4.73. The zero-order valence-electron chi connectivity index (χ0n) is 10.3. The summed E-state index contributed by atoms with van der Waals surface area (Å²) in [5, 5.41) is 9.71. The van der Waals surface area contributed by atoms with Gasteiger partial charge in [0.2, 0.25) is 0 Å². The van der Waals surface area contributed by atoms with Crippen LogP contribution in [0.4, 0.5) is 0 Å². The molecule has 3 rings (SSSR count). The van der Waals surface area contributed by atoms with E-state index in [0.717, 1.165) is 13.1 Å². The van der Waals surface area contributed by atoms with Crippen LogP contribution in [0.1, 0.15) is 29.2 Å². The smallest absolute Gasteiger partial charge is 0.356 e. The molecule has 1 aliphatic heterocycles. The molecule has 1 fully saturated rings. The van der Waals surface area contributed by atoms with E-state index in [1.54, 1.807) is 22.6 Å². The van der Waals surface area contributed by atoms with Gasteiger partial charge in [-0.25, -0.2) is 9.78 Å². The molecule has 0 aliphatic carbocycles. The quantitative estimate of drug-likeness (QED) is 0.876. The molecule has 1 saturated heterocycles. The van der Waals surface area contributed by atoms with Gasteiger partial charge in [-0.2, -0.15) is 0 Å². The van der Waals surface area contributed by atoms with Gasteiger partial charge in [-0.1, -0.05) is 17.7 Å². The van der Waals surface area contributed by atoms with Gasteiger partial charge in [-0.05, 0) is 38.1 Å². The number of likely N-dealkylation sites (tertiary alicyclic amines) is 1. The maximum Gasteiger partial charge on any atom is 0.356 e. The first-order valence-corrected chi connectivity index (χ1v) is 6.66. The topological polar surface area (TPSA) is 57.8 Å². The number of aromatic nitrogens is 2. The third-order valence-electron chi connectivity index (χ3n) is 3.45. The van der Waals surface area contributed by atoms with Crippen molar-refractivity contribution >= 4 is 23.1 Å². The molecule has 0 spiro atoms. The molecule has 0 radical (unpaired) electrons. The molecule has 0 unspecified atom stereocenters. The third-order valence-corrected chi connectivity index (χ3v) is 3.75. The number of nitrogens with zero attached hydrogens (tertiary/aromatic N) is 3. The lowest BCUT2D eigenvalue weighted by atomic mass is 10.3. The minimum Gasteiger partial charge on any atom is -0.476 e. The summed E-state index contributed by atoms with van der Waals surface area (Å²) < 4.78 is 1.73. The van der Waals surface area contributed by atoms with Crippen molar-refractivity contribution in [1.82, 2.24) is 14.3 Å². The highest BCUT2D eigenvalue weighted by molar-refractivity contribution is 6.29. The van der Waals surface area contributed by atoms with E-state index in [2.05, 4.69) is 9.88 Å². The van der Waals surface area contributed by atoms with Crippen LogP contribution in [-0.2, 0) is 6.54 Å². The Labute approximate surface area is 115 Å². The summed E-state index contributed by atoms with van der Waals surface area (Å²) in [5.74, 6) is -0.327. The molecule has 5 nitrogen and oxygen atoms in total. The molecule has 2 aromatic heterocycles. The van der Waals surface area contributed by atoms with Crippen molar-refractivity contribution in [2.45, 2.75) is 19.4 Å². The number of aromatic carboxylic acids is 1. The van der Waals surface area contributed by atoms with Crippen LogP contribution in [0.2, 0.25) is 5.15 Å². The van der Waals surface area contributed by atoms with Gasteiger partial charge >= 0.3 is 5.97 Å². The molecule has 1 N–H and O–H groups in total. The van der Waals surface area contributed by atoms with E-state index in [9.17, 15) is 9.90 Å². The van der Waals surface area contributed by atoms with Crippen LogP contribution in [0, 0.1) is 0 Å². The van der Waals surface area contributed by atoms with Gasteiger partial charge in [-0.15, -0.1) is 0 Å². The van der Waals surface area contributed by atoms with Gasteiger partial charge in [0, 0.05) is 0 Å².